The highest BCUT2D eigenvalue weighted by molar-refractivity contribution is 7.89. The van der Waals surface area contributed by atoms with E-state index in [1.54, 1.807) is 0 Å². The van der Waals surface area contributed by atoms with Gasteiger partial charge >= 0.3 is 12.1 Å². The third-order valence-corrected chi connectivity index (χ3v) is 7.80. The monoisotopic (exact) mass is 449 g/mol. The highest BCUT2D eigenvalue weighted by Gasteiger charge is 2.55. The third kappa shape index (κ3) is 4.19. The van der Waals surface area contributed by atoms with Crippen LogP contribution in [-0.4, -0.2) is 68.4 Å². The van der Waals surface area contributed by atoms with E-state index in [1.807, 2.05) is 13.8 Å². The lowest BCUT2D eigenvalue weighted by molar-refractivity contribution is -0.152. The van der Waals surface area contributed by atoms with E-state index in [-0.39, 0.29) is 22.0 Å². The summed E-state index contributed by atoms with van der Waals surface area (Å²) in [5, 5.41) is 0. The quantitative estimate of drug-likeness (QED) is 0.620. The largest absolute Gasteiger partial charge is 0.469 e. The molecule has 0 N–H and O–H groups in total. The van der Waals surface area contributed by atoms with Gasteiger partial charge in [-0.2, -0.15) is 17.5 Å². The molecule has 2 aliphatic heterocycles. The van der Waals surface area contributed by atoms with E-state index in [0.717, 1.165) is 19.2 Å². The van der Waals surface area contributed by atoms with Crippen molar-refractivity contribution < 1.29 is 31.1 Å². The Hall–Kier alpha value is -1.72. The van der Waals surface area contributed by atoms with Gasteiger partial charge in [-0.25, -0.2) is 13.4 Å². The van der Waals surface area contributed by atoms with Crippen molar-refractivity contribution in [3.8, 4) is 0 Å². The first-order chi connectivity index (χ1) is 13.7. The average Bonchev–Trinajstić information content (AvgIpc) is 2.56. The van der Waals surface area contributed by atoms with Crippen molar-refractivity contribution in [2.24, 2.45) is 10.8 Å². The summed E-state index contributed by atoms with van der Waals surface area (Å²) in [5.41, 5.74) is -1.98. The van der Waals surface area contributed by atoms with Crippen LogP contribution in [0.5, 0.6) is 0 Å². The molecule has 0 radical (unpaired) electrons. The van der Waals surface area contributed by atoms with E-state index in [0.29, 0.717) is 32.1 Å². The molecule has 3 rings (SSSR count). The number of hydrogen-bond acceptors (Lipinski definition) is 6. The molecule has 1 aromatic heterocycles. The second kappa shape index (κ2) is 7.45. The zero-order chi connectivity index (χ0) is 22.5. The molecule has 0 atom stereocenters. The predicted octanol–water partition coefficient (Wildman–Crippen LogP) is 2.30. The molecule has 168 valence electrons. The zero-order valence-corrected chi connectivity index (χ0v) is 18.2. The van der Waals surface area contributed by atoms with Crippen molar-refractivity contribution in [3.05, 3.63) is 23.5 Å². The third-order valence-electron chi connectivity index (χ3n) is 5.88. The van der Waals surface area contributed by atoms with Crippen LogP contribution in [0.1, 0.15) is 31.7 Å². The summed E-state index contributed by atoms with van der Waals surface area (Å²) in [6.45, 7) is 7.73. The highest BCUT2D eigenvalue weighted by Crippen LogP contribution is 2.43. The van der Waals surface area contributed by atoms with E-state index in [9.17, 15) is 26.4 Å². The van der Waals surface area contributed by atoms with Crippen LogP contribution in [-0.2, 0) is 25.7 Å². The van der Waals surface area contributed by atoms with E-state index < -0.39 is 27.3 Å². The SMILES string of the molecule is COC(=O)C(C)(C)CCN1CC2(C1)CN(S(=O)(=O)c1ccc(C(F)(F)F)nc1C)C2. The van der Waals surface area contributed by atoms with Crippen LogP contribution < -0.4 is 0 Å². The van der Waals surface area contributed by atoms with Crippen LogP contribution in [0.3, 0.4) is 0 Å². The standard InChI is InChI=1S/C19H26F3N3O4S/c1-13-14(5-6-15(23-13)19(20,21)22)30(27,28)25-11-18(12-25)9-24(10-18)8-7-17(2,3)16(26)29-4/h5-6H,7-12H2,1-4H3. The molecular weight excluding hydrogens is 423 g/mol. The van der Waals surface area contributed by atoms with Crippen LogP contribution in [0.15, 0.2) is 17.0 Å². The van der Waals surface area contributed by atoms with Gasteiger partial charge in [0.1, 0.15) is 10.6 Å². The lowest BCUT2D eigenvalue weighted by Gasteiger charge is -2.59. The summed E-state index contributed by atoms with van der Waals surface area (Å²) < 4.78 is 70.0. The van der Waals surface area contributed by atoms with Gasteiger partial charge in [0.05, 0.1) is 18.2 Å². The van der Waals surface area contributed by atoms with Crippen molar-refractivity contribution in [2.75, 3.05) is 39.8 Å². The lowest BCUT2D eigenvalue weighted by Crippen LogP contribution is -2.72. The number of alkyl halides is 3. The summed E-state index contributed by atoms with van der Waals surface area (Å²) in [4.78, 5) is 17.2. The van der Waals surface area contributed by atoms with Crippen molar-refractivity contribution in [1.82, 2.24) is 14.2 Å². The zero-order valence-electron chi connectivity index (χ0n) is 17.4. The molecule has 0 aromatic carbocycles. The number of esters is 1. The molecule has 1 spiro atoms. The first-order valence-corrected chi connectivity index (χ1v) is 11.0. The molecule has 7 nitrogen and oxygen atoms in total. The Morgan fingerprint density at radius 3 is 2.30 bits per heavy atom. The topological polar surface area (TPSA) is 79.8 Å². The fraction of sp³-hybridized carbons (Fsp3) is 0.684. The fourth-order valence-electron chi connectivity index (χ4n) is 4.07. The fourth-order valence-corrected chi connectivity index (χ4v) is 5.89. The molecule has 0 saturated carbocycles. The number of halogens is 3. The number of rotatable bonds is 6. The van der Waals surface area contributed by atoms with Gasteiger partial charge in [-0.1, -0.05) is 0 Å². The number of methoxy groups -OCH3 is 1. The van der Waals surface area contributed by atoms with Crippen molar-refractivity contribution in [2.45, 2.75) is 38.3 Å². The number of aryl methyl sites for hydroxylation is 1. The molecular formula is C19H26F3N3O4S. The summed E-state index contributed by atoms with van der Waals surface area (Å²) in [7, 11) is -2.53. The summed E-state index contributed by atoms with van der Waals surface area (Å²) >= 11 is 0. The molecule has 2 saturated heterocycles. The Bertz CT molecular complexity index is 933. The van der Waals surface area contributed by atoms with Crippen LogP contribution in [0, 0.1) is 17.8 Å². The van der Waals surface area contributed by atoms with Crippen LogP contribution >= 0.6 is 0 Å². The molecule has 30 heavy (non-hydrogen) atoms. The maximum absolute atomic E-state index is 12.8. The summed E-state index contributed by atoms with van der Waals surface area (Å²) in [6, 6.07) is 1.68. The van der Waals surface area contributed by atoms with Crippen molar-refractivity contribution in [3.63, 3.8) is 0 Å². The van der Waals surface area contributed by atoms with E-state index in [1.165, 1.54) is 18.3 Å². The Labute approximate surface area is 174 Å². The second-order valence-electron chi connectivity index (χ2n) is 8.89. The number of sulfonamides is 1. The number of nitrogens with zero attached hydrogens (tertiary/aromatic N) is 3. The van der Waals surface area contributed by atoms with Gasteiger partial charge in [0, 0.05) is 31.6 Å². The maximum atomic E-state index is 12.8. The smallest absolute Gasteiger partial charge is 0.433 e. The Balaban J connectivity index is 1.56. The molecule has 0 bridgehead atoms. The van der Waals surface area contributed by atoms with Gasteiger partial charge in [-0.3, -0.25) is 4.79 Å². The normalized spacial score (nSPS) is 20.0. The van der Waals surface area contributed by atoms with Crippen LogP contribution in [0.25, 0.3) is 0 Å². The number of aromatic nitrogens is 1. The van der Waals surface area contributed by atoms with Gasteiger partial charge in [0.15, 0.2) is 0 Å². The van der Waals surface area contributed by atoms with E-state index >= 15 is 0 Å². The summed E-state index contributed by atoms with van der Waals surface area (Å²) in [5.74, 6) is -0.265. The molecule has 0 unspecified atom stereocenters. The minimum Gasteiger partial charge on any atom is -0.469 e. The van der Waals surface area contributed by atoms with Gasteiger partial charge in [-0.15, -0.1) is 0 Å². The minimum atomic E-state index is -4.62. The molecule has 11 heteroatoms. The Morgan fingerprint density at radius 2 is 1.80 bits per heavy atom. The van der Waals surface area contributed by atoms with E-state index in [4.69, 9.17) is 4.74 Å². The van der Waals surface area contributed by atoms with Gasteiger partial charge < -0.3 is 9.64 Å². The number of carbonyl (C=O) groups is 1. The number of likely N-dealkylation sites (tertiary alicyclic amines) is 1. The van der Waals surface area contributed by atoms with Crippen LogP contribution in [0.2, 0.25) is 0 Å². The van der Waals surface area contributed by atoms with Gasteiger partial charge in [0.2, 0.25) is 10.0 Å². The molecule has 0 aliphatic carbocycles. The second-order valence-corrected chi connectivity index (χ2v) is 10.8. The average molecular weight is 449 g/mol. The molecule has 1 aromatic rings. The molecule has 2 aliphatic rings. The summed E-state index contributed by atoms with van der Waals surface area (Å²) in [6.07, 6.45) is -3.99. The van der Waals surface area contributed by atoms with E-state index in [2.05, 4.69) is 9.88 Å². The predicted molar refractivity (Wildman–Crippen MR) is 102 cm³/mol. The minimum absolute atomic E-state index is 0.129. The number of hydrogen-bond donors (Lipinski definition) is 0. The maximum Gasteiger partial charge on any atom is 0.433 e. The number of carbonyl (C=O) groups excluding carboxylic acids is 1. The van der Waals surface area contributed by atoms with Crippen LogP contribution in [0.4, 0.5) is 13.2 Å². The number of ether oxygens (including phenoxy) is 1. The first-order valence-electron chi connectivity index (χ1n) is 9.56. The Morgan fingerprint density at radius 1 is 1.20 bits per heavy atom. The highest BCUT2D eigenvalue weighted by atomic mass is 32.2. The lowest BCUT2D eigenvalue weighted by atomic mass is 9.74. The molecule has 2 fully saturated rings. The van der Waals surface area contributed by atoms with Gasteiger partial charge in [-0.05, 0) is 45.9 Å². The molecule has 0 amide bonds. The van der Waals surface area contributed by atoms with Gasteiger partial charge in [0.25, 0.3) is 0 Å². The molecule has 3 heterocycles. The first kappa shape index (κ1) is 23.0. The van der Waals surface area contributed by atoms with Crippen molar-refractivity contribution in [1.29, 1.82) is 0 Å². The number of pyridine rings is 1. The Kier molecular flexibility index (Phi) is 5.70. The van der Waals surface area contributed by atoms with Crippen molar-refractivity contribution >= 4 is 16.0 Å².